The highest BCUT2D eigenvalue weighted by Gasteiger charge is 2.44. The summed E-state index contributed by atoms with van der Waals surface area (Å²) in [6.45, 7) is 2.61. The maximum absolute atomic E-state index is 10.7. The Morgan fingerprint density at radius 2 is 2.18 bits per heavy atom. The smallest absolute Gasteiger partial charge is 0.320 e. The summed E-state index contributed by atoms with van der Waals surface area (Å²) >= 11 is 1.41. The molecule has 2 aromatic rings. The highest BCUT2D eigenvalue weighted by atomic mass is 32.2. The molecule has 0 saturated carbocycles. The molecule has 0 radical (unpaired) electrons. The van der Waals surface area contributed by atoms with Gasteiger partial charge < -0.3 is 31.1 Å². The number of carbonyl (C=O) groups is 1. The van der Waals surface area contributed by atoms with Gasteiger partial charge in [0, 0.05) is 12.3 Å². The predicted molar refractivity (Wildman–Crippen MR) is 103 cm³/mol. The molecule has 0 amide bonds. The van der Waals surface area contributed by atoms with Crippen molar-refractivity contribution in [2.45, 2.75) is 43.9 Å². The van der Waals surface area contributed by atoms with E-state index in [1.807, 2.05) is 6.92 Å². The van der Waals surface area contributed by atoms with Crippen molar-refractivity contribution in [3.8, 4) is 0 Å². The van der Waals surface area contributed by atoms with Crippen LogP contribution in [0.4, 0.5) is 5.82 Å². The number of rotatable bonds is 9. The topological polar surface area (TPSA) is 169 Å². The minimum atomic E-state index is -1.15. The van der Waals surface area contributed by atoms with Crippen molar-refractivity contribution >= 4 is 34.7 Å². The van der Waals surface area contributed by atoms with Crippen molar-refractivity contribution in [2.75, 3.05) is 23.4 Å². The van der Waals surface area contributed by atoms with E-state index in [1.165, 1.54) is 24.4 Å². The number of aromatic nitrogens is 4. The Hall–Kier alpha value is -1.99. The summed E-state index contributed by atoms with van der Waals surface area (Å²) in [4.78, 5) is 23.4. The largest absolute Gasteiger partial charge is 0.480 e. The number of ether oxygens (including phenoxy) is 1. The zero-order valence-electron chi connectivity index (χ0n) is 15.3. The summed E-state index contributed by atoms with van der Waals surface area (Å²) in [6, 6.07) is -0.914. The van der Waals surface area contributed by atoms with Gasteiger partial charge in [-0.05, 0) is 19.1 Å². The van der Waals surface area contributed by atoms with E-state index in [4.69, 9.17) is 15.6 Å². The van der Waals surface area contributed by atoms with Gasteiger partial charge in [-0.2, -0.15) is 11.8 Å². The number of thioether (sulfide) groups is 1. The molecule has 0 bridgehead atoms. The Labute approximate surface area is 165 Å². The molecule has 3 heterocycles. The standard InChI is InChI=1S/C16H24N6O5S/c1-2-18-13-10-14(20-6-19-13)22(7-21-10)15-12(24)11(23)9(27-15)5-28-4-3-8(17)16(25)26/h6-9,11-12,15,23-24H,2-5,17H2,1H3,(H,25,26)(H,18,19,20)/t8-,9+,11+,12+,15+/m0/s1. The zero-order chi connectivity index (χ0) is 20.3. The van der Waals surface area contributed by atoms with E-state index in [0.29, 0.717) is 41.5 Å². The number of hydrogen-bond donors (Lipinski definition) is 5. The van der Waals surface area contributed by atoms with Gasteiger partial charge in [0.05, 0.1) is 12.4 Å². The highest BCUT2D eigenvalue weighted by molar-refractivity contribution is 7.99. The highest BCUT2D eigenvalue weighted by Crippen LogP contribution is 2.33. The minimum Gasteiger partial charge on any atom is -0.480 e. The van der Waals surface area contributed by atoms with Crippen molar-refractivity contribution in [1.29, 1.82) is 0 Å². The minimum absolute atomic E-state index is 0.311. The molecule has 12 heteroatoms. The van der Waals surface area contributed by atoms with Gasteiger partial charge in [-0.1, -0.05) is 0 Å². The van der Waals surface area contributed by atoms with Crippen LogP contribution < -0.4 is 11.1 Å². The number of nitrogens with one attached hydrogen (secondary N) is 1. The van der Waals surface area contributed by atoms with Crippen LogP contribution in [0.1, 0.15) is 19.6 Å². The van der Waals surface area contributed by atoms with Gasteiger partial charge in [-0.25, -0.2) is 15.0 Å². The molecule has 11 nitrogen and oxygen atoms in total. The van der Waals surface area contributed by atoms with Gasteiger partial charge >= 0.3 is 5.97 Å². The molecule has 0 spiro atoms. The molecule has 1 saturated heterocycles. The first kappa shape index (κ1) is 20.7. The van der Waals surface area contributed by atoms with Gasteiger partial charge in [0.1, 0.15) is 24.6 Å². The lowest BCUT2D eigenvalue weighted by atomic mass is 10.1. The van der Waals surface area contributed by atoms with Crippen LogP contribution in [0.15, 0.2) is 12.7 Å². The van der Waals surface area contributed by atoms with Crippen LogP contribution in [-0.2, 0) is 9.53 Å². The lowest BCUT2D eigenvalue weighted by molar-refractivity contribution is -0.138. The second kappa shape index (κ2) is 9.01. The fourth-order valence-electron chi connectivity index (χ4n) is 2.96. The quantitative estimate of drug-likeness (QED) is 0.334. The Morgan fingerprint density at radius 3 is 2.89 bits per heavy atom. The molecule has 6 N–H and O–H groups in total. The summed E-state index contributed by atoms with van der Waals surface area (Å²) in [5.74, 6) is 0.444. The van der Waals surface area contributed by atoms with E-state index >= 15 is 0 Å². The molecule has 1 aliphatic heterocycles. The second-order valence-corrected chi connectivity index (χ2v) is 7.58. The number of hydrogen-bond acceptors (Lipinski definition) is 10. The van der Waals surface area contributed by atoms with Crippen molar-refractivity contribution < 1.29 is 24.9 Å². The third kappa shape index (κ3) is 4.20. The molecule has 2 aromatic heterocycles. The number of anilines is 1. The third-order valence-electron chi connectivity index (χ3n) is 4.49. The number of carboxylic acid groups (broad SMARTS) is 1. The Bertz CT molecular complexity index is 820. The average molecular weight is 412 g/mol. The maximum atomic E-state index is 10.7. The molecule has 3 rings (SSSR count). The van der Waals surface area contributed by atoms with Gasteiger partial charge in [-0.3, -0.25) is 9.36 Å². The summed E-state index contributed by atoms with van der Waals surface area (Å²) in [7, 11) is 0. The van der Waals surface area contributed by atoms with Crippen LogP contribution in [0, 0.1) is 0 Å². The first-order valence-corrected chi connectivity index (χ1v) is 10.1. The summed E-state index contributed by atoms with van der Waals surface area (Å²) < 4.78 is 7.45. The van der Waals surface area contributed by atoms with Crippen molar-refractivity contribution in [3.63, 3.8) is 0 Å². The molecular formula is C16H24N6O5S. The SMILES string of the molecule is CCNc1ncnc2c1ncn2[C@@H]1O[C@H](CSCC[C@H](N)C(=O)O)[C@@H](O)[C@H]1O. The zero-order valence-corrected chi connectivity index (χ0v) is 16.1. The number of aliphatic hydroxyl groups excluding tert-OH is 2. The number of nitrogens with two attached hydrogens (primary N) is 1. The predicted octanol–water partition coefficient (Wildman–Crippen LogP) is -0.587. The molecule has 1 fully saturated rings. The van der Waals surface area contributed by atoms with Crippen LogP contribution in [0.2, 0.25) is 0 Å². The van der Waals surface area contributed by atoms with E-state index in [9.17, 15) is 15.0 Å². The Morgan fingerprint density at radius 1 is 1.39 bits per heavy atom. The van der Waals surface area contributed by atoms with Crippen LogP contribution >= 0.6 is 11.8 Å². The first-order valence-electron chi connectivity index (χ1n) is 8.93. The molecule has 1 aliphatic rings. The number of imidazole rings is 1. The van der Waals surface area contributed by atoms with Crippen molar-refractivity contribution in [1.82, 2.24) is 19.5 Å². The molecule has 0 unspecified atom stereocenters. The lowest BCUT2D eigenvalue weighted by Gasteiger charge is -2.16. The fraction of sp³-hybridized carbons (Fsp3) is 0.625. The number of fused-ring (bicyclic) bond motifs is 1. The van der Waals surface area contributed by atoms with Crippen molar-refractivity contribution in [2.24, 2.45) is 5.73 Å². The van der Waals surface area contributed by atoms with Crippen LogP contribution in [0.25, 0.3) is 11.2 Å². The molecule has 0 aliphatic carbocycles. The fourth-order valence-corrected chi connectivity index (χ4v) is 4.06. The van der Waals surface area contributed by atoms with E-state index < -0.39 is 36.6 Å². The number of carboxylic acids is 1. The molecule has 28 heavy (non-hydrogen) atoms. The normalized spacial score (nSPS) is 25.9. The molecule has 154 valence electrons. The van der Waals surface area contributed by atoms with Gasteiger partial charge in [-0.15, -0.1) is 0 Å². The van der Waals surface area contributed by atoms with Gasteiger partial charge in [0.15, 0.2) is 23.2 Å². The third-order valence-corrected chi connectivity index (χ3v) is 5.58. The number of aliphatic hydroxyl groups is 2. The van der Waals surface area contributed by atoms with Crippen LogP contribution in [0.3, 0.4) is 0 Å². The molecular weight excluding hydrogens is 388 g/mol. The Kier molecular flexibility index (Phi) is 6.67. The maximum Gasteiger partial charge on any atom is 0.320 e. The average Bonchev–Trinajstić information content (AvgIpc) is 3.22. The van der Waals surface area contributed by atoms with E-state index in [1.54, 1.807) is 4.57 Å². The van der Waals surface area contributed by atoms with E-state index in [-0.39, 0.29) is 0 Å². The van der Waals surface area contributed by atoms with E-state index in [0.717, 1.165) is 0 Å². The molecule has 5 atom stereocenters. The van der Waals surface area contributed by atoms with E-state index in [2.05, 4.69) is 20.3 Å². The van der Waals surface area contributed by atoms with Gasteiger partial charge in [0.2, 0.25) is 0 Å². The second-order valence-electron chi connectivity index (χ2n) is 6.43. The summed E-state index contributed by atoms with van der Waals surface area (Å²) in [6.07, 6.45) is -0.474. The van der Waals surface area contributed by atoms with Gasteiger partial charge in [0.25, 0.3) is 0 Å². The van der Waals surface area contributed by atoms with Crippen LogP contribution in [0.5, 0.6) is 0 Å². The molecule has 0 aromatic carbocycles. The summed E-state index contributed by atoms with van der Waals surface area (Å²) in [5.41, 5.74) is 6.51. The first-order chi connectivity index (χ1) is 13.4. The summed E-state index contributed by atoms with van der Waals surface area (Å²) in [5, 5.41) is 32.7. The van der Waals surface area contributed by atoms with Crippen LogP contribution in [-0.4, -0.2) is 83.2 Å². The Balaban J connectivity index is 1.66. The number of aliphatic carboxylic acids is 1. The number of nitrogens with zero attached hydrogens (tertiary/aromatic N) is 4. The lowest BCUT2D eigenvalue weighted by Crippen LogP contribution is -2.33. The van der Waals surface area contributed by atoms with Crippen molar-refractivity contribution in [3.05, 3.63) is 12.7 Å². The monoisotopic (exact) mass is 412 g/mol.